The van der Waals surface area contributed by atoms with Crippen LogP contribution in [0.15, 0.2) is 0 Å². The van der Waals surface area contributed by atoms with Gasteiger partial charge < -0.3 is 5.32 Å². The van der Waals surface area contributed by atoms with Gasteiger partial charge in [-0.2, -0.15) is 5.26 Å². The molecule has 1 aliphatic rings. The first-order valence-electron chi connectivity index (χ1n) is 3.60. The van der Waals surface area contributed by atoms with Crippen LogP contribution in [0.1, 0.15) is 6.42 Å². The van der Waals surface area contributed by atoms with Gasteiger partial charge in [0.1, 0.15) is 0 Å². The number of nitrogens with one attached hydrogen (secondary N) is 1. The zero-order valence-electron chi connectivity index (χ0n) is 6.58. The number of primary sulfonamides is 1. The quantitative estimate of drug-likeness (QED) is 0.581. The van der Waals surface area contributed by atoms with E-state index in [0.29, 0.717) is 19.5 Å². The first-order chi connectivity index (χ1) is 5.47. The van der Waals surface area contributed by atoms with Crippen molar-refractivity contribution in [2.45, 2.75) is 6.42 Å². The van der Waals surface area contributed by atoms with Crippen LogP contribution in [0.5, 0.6) is 0 Å². The molecule has 0 bridgehead atoms. The molecule has 3 N–H and O–H groups in total. The van der Waals surface area contributed by atoms with Crippen LogP contribution >= 0.6 is 0 Å². The highest BCUT2D eigenvalue weighted by Gasteiger charge is 2.37. The van der Waals surface area contributed by atoms with Gasteiger partial charge in [-0.25, -0.2) is 13.6 Å². The third-order valence-electron chi connectivity index (χ3n) is 2.03. The second kappa shape index (κ2) is 3.01. The van der Waals surface area contributed by atoms with Crippen LogP contribution in [-0.4, -0.2) is 27.3 Å². The van der Waals surface area contributed by atoms with E-state index in [4.69, 9.17) is 10.4 Å². The Hall–Kier alpha value is -0.640. The Morgan fingerprint density at radius 2 is 2.17 bits per heavy atom. The molecule has 6 heteroatoms. The molecule has 0 aromatic heterocycles. The molecule has 0 aromatic carbocycles. The van der Waals surface area contributed by atoms with Crippen molar-refractivity contribution >= 4 is 10.0 Å². The molecule has 0 spiro atoms. The first-order valence-corrected chi connectivity index (χ1v) is 5.31. The Labute approximate surface area is 71.6 Å². The zero-order chi connectivity index (χ0) is 9.24. The number of nitrogens with zero attached hydrogens (tertiary/aromatic N) is 1. The van der Waals surface area contributed by atoms with E-state index in [0.717, 1.165) is 0 Å². The lowest BCUT2D eigenvalue weighted by molar-refractivity contribution is 0.242. The Balaban J connectivity index is 2.47. The minimum absolute atomic E-state index is 0.109. The van der Waals surface area contributed by atoms with Gasteiger partial charge >= 0.3 is 0 Å². The zero-order valence-corrected chi connectivity index (χ0v) is 7.39. The third-order valence-corrected chi connectivity index (χ3v) is 2.80. The highest BCUT2D eigenvalue weighted by Crippen LogP contribution is 2.25. The number of nitriles is 1. The van der Waals surface area contributed by atoms with Crippen molar-refractivity contribution in [3.63, 3.8) is 0 Å². The topological polar surface area (TPSA) is 96.0 Å². The molecule has 1 heterocycles. The van der Waals surface area contributed by atoms with Crippen molar-refractivity contribution in [1.29, 1.82) is 5.26 Å². The molecule has 1 aliphatic heterocycles. The molecule has 68 valence electrons. The van der Waals surface area contributed by atoms with Gasteiger partial charge in [0.2, 0.25) is 10.0 Å². The SMILES string of the molecule is N#CC1(CCS(N)(=O)=O)CNC1. The number of hydrogen-bond donors (Lipinski definition) is 2. The third kappa shape index (κ3) is 2.17. The summed E-state index contributed by atoms with van der Waals surface area (Å²) in [5.74, 6) is -0.109. The van der Waals surface area contributed by atoms with Gasteiger partial charge in [0.25, 0.3) is 0 Å². The molecular formula is C6H11N3O2S. The molecule has 1 rings (SSSR count). The van der Waals surface area contributed by atoms with Crippen LogP contribution < -0.4 is 10.5 Å². The highest BCUT2D eigenvalue weighted by atomic mass is 32.2. The lowest BCUT2D eigenvalue weighted by Gasteiger charge is -2.35. The van der Waals surface area contributed by atoms with Gasteiger partial charge in [0.05, 0.1) is 17.2 Å². The van der Waals surface area contributed by atoms with E-state index in [1.165, 1.54) is 0 Å². The predicted octanol–water partition coefficient (Wildman–Crippen LogP) is -1.22. The second-order valence-corrected chi connectivity index (χ2v) is 4.85. The van der Waals surface area contributed by atoms with Gasteiger partial charge in [-0.05, 0) is 6.42 Å². The molecule has 0 unspecified atom stereocenters. The van der Waals surface area contributed by atoms with Gasteiger partial charge in [-0.15, -0.1) is 0 Å². The summed E-state index contributed by atoms with van der Waals surface area (Å²) in [5, 5.41) is 16.5. The smallest absolute Gasteiger partial charge is 0.209 e. The summed E-state index contributed by atoms with van der Waals surface area (Å²) < 4.78 is 21.2. The van der Waals surface area contributed by atoms with Crippen LogP contribution in [0, 0.1) is 16.7 Å². The monoisotopic (exact) mass is 189 g/mol. The fraction of sp³-hybridized carbons (Fsp3) is 0.833. The van der Waals surface area contributed by atoms with E-state index in [2.05, 4.69) is 11.4 Å². The van der Waals surface area contributed by atoms with E-state index >= 15 is 0 Å². The lowest BCUT2D eigenvalue weighted by atomic mass is 9.81. The summed E-state index contributed by atoms with van der Waals surface area (Å²) >= 11 is 0. The normalized spacial score (nSPS) is 21.0. The van der Waals surface area contributed by atoms with E-state index < -0.39 is 15.4 Å². The van der Waals surface area contributed by atoms with E-state index in [-0.39, 0.29) is 5.75 Å². The summed E-state index contributed by atoms with van der Waals surface area (Å²) in [6.45, 7) is 1.14. The van der Waals surface area contributed by atoms with Crippen LogP contribution in [0.3, 0.4) is 0 Å². The molecule has 1 saturated heterocycles. The summed E-state index contributed by atoms with van der Waals surface area (Å²) in [6.07, 6.45) is 0.329. The average molecular weight is 189 g/mol. The fourth-order valence-electron chi connectivity index (χ4n) is 1.08. The van der Waals surface area contributed by atoms with E-state index in [1.807, 2.05) is 0 Å². The van der Waals surface area contributed by atoms with E-state index in [1.54, 1.807) is 0 Å². The number of hydrogen-bond acceptors (Lipinski definition) is 4. The summed E-state index contributed by atoms with van der Waals surface area (Å²) in [4.78, 5) is 0. The Morgan fingerprint density at radius 3 is 2.42 bits per heavy atom. The van der Waals surface area contributed by atoms with E-state index in [9.17, 15) is 8.42 Å². The van der Waals surface area contributed by atoms with Crippen LogP contribution in [0.25, 0.3) is 0 Å². The first kappa shape index (κ1) is 9.45. The van der Waals surface area contributed by atoms with Gasteiger partial charge in [0, 0.05) is 13.1 Å². The van der Waals surface area contributed by atoms with Crippen molar-refractivity contribution < 1.29 is 8.42 Å². The van der Waals surface area contributed by atoms with Crippen LogP contribution in [-0.2, 0) is 10.0 Å². The molecule has 5 nitrogen and oxygen atoms in total. The van der Waals surface area contributed by atoms with Crippen LogP contribution in [0.2, 0.25) is 0 Å². The Morgan fingerprint density at radius 1 is 1.58 bits per heavy atom. The Bertz CT molecular complexity index is 299. The number of nitrogens with two attached hydrogens (primary N) is 1. The minimum atomic E-state index is -3.42. The molecule has 0 aliphatic carbocycles. The van der Waals surface area contributed by atoms with Gasteiger partial charge in [0.15, 0.2) is 0 Å². The van der Waals surface area contributed by atoms with Crippen molar-refractivity contribution in [2.75, 3.05) is 18.8 Å². The lowest BCUT2D eigenvalue weighted by Crippen LogP contribution is -2.53. The molecule has 0 atom stereocenters. The summed E-state index contributed by atoms with van der Waals surface area (Å²) in [7, 11) is -3.42. The maximum absolute atomic E-state index is 10.6. The molecule has 0 radical (unpaired) electrons. The second-order valence-electron chi connectivity index (χ2n) is 3.11. The molecule has 0 amide bonds. The maximum Gasteiger partial charge on any atom is 0.209 e. The molecule has 0 aromatic rings. The van der Waals surface area contributed by atoms with Gasteiger partial charge in [-0.1, -0.05) is 0 Å². The number of sulfonamides is 1. The maximum atomic E-state index is 10.6. The van der Waals surface area contributed by atoms with Crippen molar-refractivity contribution in [3.8, 4) is 6.07 Å². The summed E-state index contributed by atoms with van der Waals surface area (Å²) in [5.41, 5.74) is -0.494. The minimum Gasteiger partial charge on any atom is -0.313 e. The highest BCUT2D eigenvalue weighted by molar-refractivity contribution is 7.89. The molecule has 1 fully saturated rings. The standard InChI is InChI=1S/C6H11N3O2S/c7-3-6(4-9-5-6)1-2-12(8,10)11/h9H,1-2,4-5H2,(H2,8,10,11). The summed E-state index contributed by atoms with van der Waals surface area (Å²) in [6, 6.07) is 2.10. The molecular weight excluding hydrogens is 178 g/mol. The van der Waals surface area contributed by atoms with Crippen molar-refractivity contribution in [2.24, 2.45) is 10.6 Å². The van der Waals surface area contributed by atoms with Crippen molar-refractivity contribution in [1.82, 2.24) is 5.32 Å². The predicted molar refractivity (Wildman–Crippen MR) is 43.5 cm³/mol. The molecule has 0 saturated carbocycles. The van der Waals surface area contributed by atoms with Crippen molar-refractivity contribution in [3.05, 3.63) is 0 Å². The van der Waals surface area contributed by atoms with Crippen LogP contribution in [0.4, 0.5) is 0 Å². The Kier molecular flexibility index (Phi) is 2.37. The molecule has 12 heavy (non-hydrogen) atoms. The largest absolute Gasteiger partial charge is 0.313 e. The van der Waals surface area contributed by atoms with Gasteiger partial charge in [-0.3, -0.25) is 0 Å². The fourth-order valence-corrected chi connectivity index (χ4v) is 1.75. The average Bonchev–Trinajstić information content (AvgIpc) is 1.84. The number of rotatable bonds is 3.